The van der Waals surface area contributed by atoms with Gasteiger partial charge in [0.25, 0.3) is 0 Å². The van der Waals surface area contributed by atoms with E-state index in [2.05, 4.69) is 26.9 Å². The molecule has 110 valence electrons. The Morgan fingerprint density at radius 2 is 1.86 bits per heavy atom. The van der Waals surface area contributed by atoms with Crippen LogP contribution in [0.25, 0.3) is 0 Å². The molecule has 0 bridgehead atoms. The first kappa shape index (κ1) is 15.7. The molecule has 0 heterocycles. The zero-order chi connectivity index (χ0) is 15.2. The molecule has 0 aliphatic heterocycles. The fraction of sp³-hybridized carbons (Fsp3) is 0.235. The highest BCUT2D eigenvalue weighted by Crippen LogP contribution is 2.23. The van der Waals surface area contributed by atoms with Crippen LogP contribution < -0.4 is 4.74 Å². The van der Waals surface area contributed by atoms with Gasteiger partial charge in [0.1, 0.15) is 12.0 Å². The van der Waals surface area contributed by atoms with Crippen molar-refractivity contribution < 1.29 is 9.53 Å². The maximum Gasteiger partial charge on any atom is 0.150 e. The van der Waals surface area contributed by atoms with E-state index in [4.69, 9.17) is 4.74 Å². The molecule has 0 radical (unpaired) electrons. The largest absolute Gasteiger partial charge is 0.496 e. The summed E-state index contributed by atoms with van der Waals surface area (Å²) in [4.78, 5) is 13.1. The van der Waals surface area contributed by atoms with Gasteiger partial charge in [-0.2, -0.15) is 0 Å². The zero-order valence-electron chi connectivity index (χ0n) is 12.2. The first-order valence-corrected chi connectivity index (χ1v) is 7.47. The van der Waals surface area contributed by atoms with Crippen molar-refractivity contribution in [1.29, 1.82) is 0 Å². The van der Waals surface area contributed by atoms with E-state index in [1.807, 2.05) is 37.4 Å². The van der Waals surface area contributed by atoms with Gasteiger partial charge in [-0.15, -0.1) is 0 Å². The molecule has 0 fully saturated rings. The number of carbonyl (C=O) groups excluding carboxylic acids is 1. The molecule has 2 aromatic rings. The number of rotatable bonds is 6. The van der Waals surface area contributed by atoms with Crippen LogP contribution in [0.5, 0.6) is 5.75 Å². The molecule has 0 amide bonds. The fourth-order valence-corrected chi connectivity index (χ4v) is 2.67. The number of ether oxygens (including phenoxy) is 1. The predicted octanol–water partition coefficient (Wildman–Crippen LogP) is 3.90. The van der Waals surface area contributed by atoms with Gasteiger partial charge in [0.05, 0.1) is 7.11 Å². The average molecular weight is 348 g/mol. The Morgan fingerprint density at radius 3 is 2.52 bits per heavy atom. The SMILES string of the molecule is COc1ccc(C=O)cc1CN(C)Cc1ccccc1Br. The summed E-state index contributed by atoms with van der Waals surface area (Å²) in [5.74, 6) is 0.805. The lowest BCUT2D eigenvalue weighted by Crippen LogP contribution is -2.18. The molecule has 3 nitrogen and oxygen atoms in total. The first-order chi connectivity index (χ1) is 10.1. The van der Waals surface area contributed by atoms with E-state index in [-0.39, 0.29) is 0 Å². The van der Waals surface area contributed by atoms with Crippen LogP contribution in [0.4, 0.5) is 0 Å². The van der Waals surface area contributed by atoms with E-state index in [0.29, 0.717) is 12.1 Å². The Morgan fingerprint density at radius 1 is 1.14 bits per heavy atom. The molecule has 0 spiro atoms. The van der Waals surface area contributed by atoms with Crippen LogP contribution in [0.15, 0.2) is 46.9 Å². The first-order valence-electron chi connectivity index (χ1n) is 6.68. The number of carbonyl (C=O) groups is 1. The summed E-state index contributed by atoms with van der Waals surface area (Å²) < 4.78 is 6.47. The van der Waals surface area contributed by atoms with Crippen LogP contribution >= 0.6 is 15.9 Å². The van der Waals surface area contributed by atoms with Gasteiger partial charge in [-0.05, 0) is 36.9 Å². The third-order valence-electron chi connectivity index (χ3n) is 3.28. The number of nitrogens with zero attached hydrogens (tertiary/aromatic N) is 1. The number of methoxy groups -OCH3 is 1. The summed E-state index contributed by atoms with van der Waals surface area (Å²) in [6.07, 6.45) is 0.858. The van der Waals surface area contributed by atoms with E-state index in [0.717, 1.165) is 28.6 Å². The summed E-state index contributed by atoms with van der Waals surface area (Å²) in [6.45, 7) is 1.53. The quantitative estimate of drug-likeness (QED) is 0.742. The molecular weight excluding hydrogens is 330 g/mol. The van der Waals surface area contributed by atoms with Crippen molar-refractivity contribution in [2.24, 2.45) is 0 Å². The van der Waals surface area contributed by atoms with Gasteiger partial charge in [-0.25, -0.2) is 0 Å². The van der Waals surface area contributed by atoms with Gasteiger partial charge in [-0.1, -0.05) is 34.1 Å². The molecule has 0 aromatic heterocycles. The molecule has 0 saturated heterocycles. The molecule has 2 aromatic carbocycles. The molecule has 0 atom stereocenters. The monoisotopic (exact) mass is 347 g/mol. The van der Waals surface area contributed by atoms with Crippen molar-refractivity contribution in [3.8, 4) is 5.75 Å². The highest BCUT2D eigenvalue weighted by Gasteiger charge is 2.09. The van der Waals surface area contributed by atoms with Crippen molar-refractivity contribution >= 4 is 22.2 Å². The van der Waals surface area contributed by atoms with Crippen molar-refractivity contribution in [3.05, 3.63) is 63.6 Å². The van der Waals surface area contributed by atoms with Gasteiger partial charge in [0.2, 0.25) is 0 Å². The van der Waals surface area contributed by atoms with Crippen molar-refractivity contribution in [1.82, 2.24) is 4.90 Å². The summed E-state index contributed by atoms with van der Waals surface area (Å²) in [5.41, 5.74) is 2.90. The molecule has 0 aliphatic rings. The number of hydrogen-bond donors (Lipinski definition) is 0. The maximum atomic E-state index is 10.9. The lowest BCUT2D eigenvalue weighted by atomic mass is 10.1. The smallest absolute Gasteiger partial charge is 0.150 e. The van der Waals surface area contributed by atoms with Crippen LogP contribution in [0.3, 0.4) is 0 Å². The summed E-state index contributed by atoms with van der Waals surface area (Å²) >= 11 is 3.56. The summed E-state index contributed by atoms with van der Waals surface area (Å²) in [7, 11) is 3.69. The van der Waals surface area contributed by atoms with Crippen molar-refractivity contribution in [2.45, 2.75) is 13.1 Å². The Kier molecular flexibility index (Phi) is 5.53. The van der Waals surface area contributed by atoms with Crippen molar-refractivity contribution in [2.75, 3.05) is 14.2 Å². The number of halogens is 1. The van der Waals surface area contributed by atoms with Gasteiger partial charge in [0, 0.05) is 28.7 Å². The highest BCUT2D eigenvalue weighted by atomic mass is 79.9. The van der Waals surface area contributed by atoms with Gasteiger partial charge >= 0.3 is 0 Å². The number of benzene rings is 2. The van der Waals surface area contributed by atoms with E-state index in [9.17, 15) is 4.79 Å². The van der Waals surface area contributed by atoms with Crippen LogP contribution in [-0.4, -0.2) is 25.3 Å². The van der Waals surface area contributed by atoms with Crippen LogP contribution in [-0.2, 0) is 13.1 Å². The second kappa shape index (κ2) is 7.38. The molecule has 0 saturated carbocycles. The van der Waals surface area contributed by atoms with E-state index in [1.165, 1.54) is 5.56 Å². The minimum Gasteiger partial charge on any atom is -0.496 e. The normalized spacial score (nSPS) is 10.7. The molecule has 21 heavy (non-hydrogen) atoms. The number of aldehydes is 1. The third-order valence-corrected chi connectivity index (χ3v) is 4.05. The lowest BCUT2D eigenvalue weighted by molar-refractivity contribution is 0.112. The summed E-state index contributed by atoms with van der Waals surface area (Å²) in [6, 6.07) is 13.7. The molecule has 0 aliphatic carbocycles. The second-order valence-electron chi connectivity index (χ2n) is 4.95. The van der Waals surface area contributed by atoms with Crippen LogP contribution in [0, 0.1) is 0 Å². The Labute approximate surface area is 133 Å². The molecular formula is C17H18BrNO2. The van der Waals surface area contributed by atoms with E-state index >= 15 is 0 Å². The van der Waals surface area contributed by atoms with Crippen LogP contribution in [0.2, 0.25) is 0 Å². The molecule has 0 unspecified atom stereocenters. The third kappa shape index (κ3) is 4.16. The van der Waals surface area contributed by atoms with E-state index in [1.54, 1.807) is 13.2 Å². The van der Waals surface area contributed by atoms with Crippen LogP contribution in [0.1, 0.15) is 21.5 Å². The Hall–Kier alpha value is -1.65. The fourth-order valence-electron chi connectivity index (χ4n) is 2.26. The minimum absolute atomic E-state index is 0.667. The Bertz CT molecular complexity index is 628. The number of hydrogen-bond acceptors (Lipinski definition) is 3. The molecule has 2 rings (SSSR count). The van der Waals surface area contributed by atoms with Gasteiger partial charge in [0.15, 0.2) is 0 Å². The molecule has 0 N–H and O–H groups in total. The lowest BCUT2D eigenvalue weighted by Gasteiger charge is -2.19. The van der Waals surface area contributed by atoms with Gasteiger partial charge in [-0.3, -0.25) is 9.69 Å². The highest BCUT2D eigenvalue weighted by molar-refractivity contribution is 9.10. The molecule has 4 heteroatoms. The summed E-state index contributed by atoms with van der Waals surface area (Å²) in [5, 5.41) is 0. The minimum atomic E-state index is 0.667. The standard InChI is InChI=1S/C17H18BrNO2/c1-19(10-14-5-3-4-6-16(14)18)11-15-9-13(12-20)7-8-17(15)21-2/h3-9,12H,10-11H2,1-2H3. The second-order valence-corrected chi connectivity index (χ2v) is 5.81. The zero-order valence-corrected chi connectivity index (χ0v) is 13.8. The van der Waals surface area contributed by atoms with Crippen molar-refractivity contribution in [3.63, 3.8) is 0 Å². The average Bonchev–Trinajstić information content (AvgIpc) is 2.49. The predicted molar refractivity (Wildman–Crippen MR) is 87.7 cm³/mol. The van der Waals surface area contributed by atoms with E-state index < -0.39 is 0 Å². The topological polar surface area (TPSA) is 29.5 Å². The van der Waals surface area contributed by atoms with Gasteiger partial charge < -0.3 is 4.74 Å². The Balaban J connectivity index is 2.14. The maximum absolute atomic E-state index is 10.9.